The Hall–Kier alpha value is -2.89. The van der Waals surface area contributed by atoms with Gasteiger partial charge in [0.2, 0.25) is 0 Å². The lowest BCUT2D eigenvalue weighted by Gasteiger charge is -2.48. The number of fused-ring (bicyclic) bond motifs is 3. The number of benzene rings is 1. The number of rotatable bonds is 4. The van der Waals surface area contributed by atoms with Gasteiger partial charge in [-0.2, -0.15) is 22.0 Å². The first kappa shape index (κ1) is 22.3. The number of carbonyl (C=O) groups excluding carboxylic acids is 4. The van der Waals surface area contributed by atoms with Gasteiger partial charge in [0, 0.05) is 11.3 Å². The number of carbonyl (C=O) groups is 4. The first-order valence-corrected chi connectivity index (χ1v) is 9.47. The largest absolute Gasteiger partial charge is 0.482 e. The second-order valence-electron chi connectivity index (χ2n) is 8.10. The van der Waals surface area contributed by atoms with Crippen molar-refractivity contribution >= 4 is 23.9 Å². The molecule has 0 bridgehead atoms. The third-order valence-corrected chi connectivity index (χ3v) is 6.53. The fraction of sp³-hybridized carbons (Fsp3) is 0.500. The van der Waals surface area contributed by atoms with E-state index in [0.717, 1.165) is 0 Å². The Morgan fingerprint density at radius 2 is 1.66 bits per heavy atom. The average Bonchev–Trinajstić information content (AvgIpc) is 3.18. The van der Waals surface area contributed by atoms with E-state index in [0.29, 0.717) is 0 Å². The van der Waals surface area contributed by atoms with Crippen LogP contribution in [0.25, 0.3) is 0 Å². The lowest BCUT2D eigenvalue weighted by atomic mass is 9.52. The summed E-state index contributed by atoms with van der Waals surface area (Å²) in [6.45, 7) is 0.00127. The molecule has 2 aliphatic heterocycles. The third-order valence-electron chi connectivity index (χ3n) is 6.53. The molecule has 3 aliphatic rings. The maximum atomic E-state index is 13.6. The van der Waals surface area contributed by atoms with E-state index in [1.165, 1.54) is 31.2 Å². The standard InChI is InChI=1S/C20H15F5O7/c1-18(10-6-12(26)31-15(10)27)9-5-3-2-4-8(9)13-14(17(29)32-16(13)28)11(18)7-30-20(24,25)19(21,22)23/h2-5,10-11,13-14H,6-7H2,1H3. The van der Waals surface area contributed by atoms with E-state index in [1.807, 2.05) is 0 Å². The molecule has 5 atom stereocenters. The van der Waals surface area contributed by atoms with Gasteiger partial charge in [0.15, 0.2) is 0 Å². The van der Waals surface area contributed by atoms with Crippen LogP contribution in [0, 0.1) is 17.8 Å². The maximum Gasteiger partial charge on any atom is 0.482 e. The lowest BCUT2D eigenvalue weighted by molar-refractivity contribution is -0.394. The van der Waals surface area contributed by atoms with Gasteiger partial charge < -0.3 is 14.2 Å². The van der Waals surface area contributed by atoms with Crippen LogP contribution in [0.1, 0.15) is 30.4 Å². The number of hydrogen-bond acceptors (Lipinski definition) is 7. The molecular formula is C20H15F5O7. The Labute approximate surface area is 176 Å². The highest BCUT2D eigenvalue weighted by molar-refractivity contribution is 6.01. The van der Waals surface area contributed by atoms with Crippen LogP contribution in [0.15, 0.2) is 24.3 Å². The van der Waals surface area contributed by atoms with Crippen LogP contribution in [0.2, 0.25) is 0 Å². The number of halogens is 5. The molecule has 0 saturated carbocycles. The van der Waals surface area contributed by atoms with Gasteiger partial charge in [-0.1, -0.05) is 31.2 Å². The number of alkyl halides is 5. The second-order valence-corrected chi connectivity index (χ2v) is 8.10. The summed E-state index contributed by atoms with van der Waals surface area (Å²) in [6.07, 6.45) is -12.1. The molecule has 0 spiro atoms. The van der Waals surface area contributed by atoms with Crippen LogP contribution >= 0.6 is 0 Å². The summed E-state index contributed by atoms with van der Waals surface area (Å²) in [5.74, 6) is -9.70. The van der Waals surface area contributed by atoms with Gasteiger partial charge in [-0.15, -0.1) is 0 Å². The Kier molecular flexibility index (Phi) is 4.92. The number of esters is 4. The highest BCUT2D eigenvalue weighted by Gasteiger charge is 2.66. The van der Waals surface area contributed by atoms with Crippen LogP contribution in [-0.4, -0.2) is 42.8 Å². The molecule has 0 aromatic heterocycles. The zero-order valence-corrected chi connectivity index (χ0v) is 16.3. The monoisotopic (exact) mass is 462 g/mol. The van der Waals surface area contributed by atoms with E-state index >= 15 is 0 Å². The first-order chi connectivity index (χ1) is 14.8. The van der Waals surface area contributed by atoms with Gasteiger partial charge in [-0.05, 0) is 11.1 Å². The van der Waals surface area contributed by atoms with E-state index in [2.05, 4.69) is 14.2 Å². The summed E-state index contributed by atoms with van der Waals surface area (Å²) in [6, 6.07) is 5.95. The predicted octanol–water partition coefficient (Wildman–Crippen LogP) is 2.62. The summed E-state index contributed by atoms with van der Waals surface area (Å²) in [5.41, 5.74) is -1.18. The molecule has 0 N–H and O–H groups in total. The van der Waals surface area contributed by atoms with Crippen molar-refractivity contribution in [3.63, 3.8) is 0 Å². The minimum atomic E-state index is -6.04. The molecule has 2 saturated heterocycles. The van der Waals surface area contributed by atoms with Crippen molar-refractivity contribution in [2.75, 3.05) is 6.61 Å². The van der Waals surface area contributed by atoms with E-state index in [9.17, 15) is 41.1 Å². The molecule has 32 heavy (non-hydrogen) atoms. The molecule has 1 aliphatic carbocycles. The van der Waals surface area contributed by atoms with Crippen LogP contribution in [-0.2, 0) is 38.8 Å². The molecule has 4 rings (SSSR count). The molecule has 7 nitrogen and oxygen atoms in total. The van der Waals surface area contributed by atoms with Gasteiger partial charge in [0.25, 0.3) is 0 Å². The van der Waals surface area contributed by atoms with Crippen LogP contribution < -0.4 is 0 Å². The molecule has 5 unspecified atom stereocenters. The van der Waals surface area contributed by atoms with Crippen molar-refractivity contribution < 1.29 is 55.3 Å². The topological polar surface area (TPSA) is 96.0 Å². The Bertz CT molecular complexity index is 1020. The Morgan fingerprint density at radius 3 is 2.25 bits per heavy atom. The van der Waals surface area contributed by atoms with Crippen molar-refractivity contribution in [1.29, 1.82) is 0 Å². The summed E-state index contributed by atoms with van der Waals surface area (Å²) >= 11 is 0. The van der Waals surface area contributed by atoms with Crippen molar-refractivity contribution in [1.82, 2.24) is 0 Å². The van der Waals surface area contributed by atoms with Gasteiger partial charge in [-0.3, -0.25) is 19.2 Å². The van der Waals surface area contributed by atoms with Crippen LogP contribution in [0.3, 0.4) is 0 Å². The van der Waals surface area contributed by atoms with Gasteiger partial charge in [0.05, 0.1) is 30.8 Å². The minimum absolute atomic E-state index is 0.230. The van der Waals surface area contributed by atoms with Crippen molar-refractivity contribution in [2.45, 2.75) is 37.0 Å². The molecule has 0 radical (unpaired) electrons. The minimum Gasteiger partial charge on any atom is -0.393 e. The molecule has 1 aromatic carbocycles. The van der Waals surface area contributed by atoms with Crippen molar-refractivity contribution in [3.05, 3.63) is 35.4 Å². The Morgan fingerprint density at radius 1 is 1.00 bits per heavy atom. The summed E-state index contributed by atoms with van der Waals surface area (Å²) in [4.78, 5) is 49.1. The van der Waals surface area contributed by atoms with E-state index in [4.69, 9.17) is 0 Å². The average molecular weight is 462 g/mol. The molecule has 2 fully saturated rings. The Balaban J connectivity index is 1.87. The predicted molar refractivity (Wildman–Crippen MR) is 90.8 cm³/mol. The zero-order valence-electron chi connectivity index (χ0n) is 16.3. The van der Waals surface area contributed by atoms with Crippen molar-refractivity contribution in [3.8, 4) is 0 Å². The third kappa shape index (κ3) is 3.11. The van der Waals surface area contributed by atoms with Gasteiger partial charge in [0.1, 0.15) is 0 Å². The molecule has 2 heterocycles. The van der Waals surface area contributed by atoms with E-state index in [1.54, 1.807) is 0 Å². The first-order valence-electron chi connectivity index (χ1n) is 9.47. The van der Waals surface area contributed by atoms with Crippen LogP contribution in [0.5, 0.6) is 0 Å². The second kappa shape index (κ2) is 7.06. The molecular weight excluding hydrogens is 447 g/mol. The highest BCUT2D eigenvalue weighted by Crippen LogP contribution is 2.58. The molecule has 0 amide bonds. The van der Waals surface area contributed by atoms with E-state index < -0.39 is 78.3 Å². The smallest absolute Gasteiger partial charge is 0.393 e. The lowest BCUT2D eigenvalue weighted by Crippen LogP contribution is -2.54. The fourth-order valence-corrected chi connectivity index (χ4v) is 4.99. The van der Waals surface area contributed by atoms with Crippen LogP contribution in [0.4, 0.5) is 22.0 Å². The molecule has 1 aromatic rings. The molecule has 12 heteroatoms. The quantitative estimate of drug-likeness (QED) is 0.386. The summed E-state index contributed by atoms with van der Waals surface area (Å²) in [7, 11) is 0. The SMILES string of the molecule is CC1(C2CC(=O)OC2=O)c2ccccc2C2C(=O)OC(=O)C2C1COC(F)(F)C(F)(F)F. The van der Waals surface area contributed by atoms with Gasteiger partial charge in [-0.25, -0.2) is 0 Å². The number of hydrogen-bond donors (Lipinski definition) is 0. The zero-order chi connectivity index (χ0) is 23.6. The van der Waals surface area contributed by atoms with E-state index in [-0.39, 0.29) is 11.1 Å². The highest BCUT2D eigenvalue weighted by atomic mass is 19.4. The number of ether oxygens (including phenoxy) is 3. The fourth-order valence-electron chi connectivity index (χ4n) is 4.99. The van der Waals surface area contributed by atoms with Crippen molar-refractivity contribution in [2.24, 2.45) is 17.8 Å². The van der Waals surface area contributed by atoms with Gasteiger partial charge >= 0.3 is 36.2 Å². The molecule has 172 valence electrons. The normalized spacial score (nSPS) is 32.4. The summed E-state index contributed by atoms with van der Waals surface area (Å²) < 4.78 is 78.5. The number of cyclic esters (lactones) is 4. The summed E-state index contributed by atoms with van der Waals surface area (Å²) in [5, 5.41) is 0. The maximum absolute atomic E-state index is 13.6.